The summed E-state index contributed by atoms with van der Waals surface area (Å²) in [5, 5.41) is 0. The fourth-order valence-electron chi connectivity index (χ4n) is 6.91. The monoisotopic (exact) mass is 505 g/mol. The summed E-state index contributed by atoms with van der Waals surface area (Å²) < 4.78 is 21.9. The zero-order valence-electron chi connectivity index (χ0n) is 21.2. The molecule has 37 heavy (non-hydrogen) atoms. The number of amides is 1. The molecule has 0 N–H and O–H groups in total. The van der Waals surface area contributed by atoms with E-state index in [1.54, 1.807) is 0 Å². The first-order chi connectivity index (χ1) is 18.1. The molecule has 6 rings (SSSR count). The summed E-state index contributed by atoms with van der Waals surface area (Å²) in [6, 6.07) is 16.2. The Balaban J connectivity index is 1.15. The minimum Gasteiger partial charge on any atom is -0.457 e. The second-order valence-corrected chi connectivity index (χ2v) is 10.9. The number of rotatable bonds is 6. The Morgan fingerprint density at radius 3 is 2.62 bits per heavy atom. The maximum absolute atomic E-state index is 13.2. The zero-order valence-corrected chi connectivity index (χ0v) is 21.2. The van der Waals surface area contributed by atoms with Gasteiger partial charge in [0.05, 0.1) is 0 Å². The lowest BCUT2D eigenvalue weighted by molar-refractivity contribution is -0.0331. The van der Waals surface area contributed by atoms with Crippen LogP contribution in [0.5, 0.6) is 5.75 Å². The Kier molecular flexibility index (Phi) is 6.70. The highest BCUT2D eigenvalue weighted by Crippen LogP contribution is 2.56. The average molecular weight is 506 g/mol. The fraction of sp³-hybridized carbons (Fsp3) is 0.533. The van der Waals surface area contributed by atoms with Crippen molar-refractivity contribution in [1.29, 1.82) is 0 Å². The van der Waals surface area contributed by atoms with Crippen LogP contribution in [0.2, 0.25) is 0 Å². The lowest BCUT2D eigenvalue weighted by Gasteiger charge is -2.58. The normalized spacial score (nSPS) is 26.2. The number of hydrogen-bond donors (Lipinski definition) is 0. The summed E-state index contributed by atoms with van der Waals surface area (Å²) in [5.41, 5.74) is 3.68. The van der Waals surface area contributed by atoms with Gasteiger partial charge in [0.25, 0.3) is 0 Å². The first-order valence-corrected chi connectivity index (χ1v) is 13.7. The molecule has 2 bridgehead atoms. The molecule has 2 aromatic carbocycles. The quantitative estimate of drug-likeness (QED) is 0.348. The standard InChI is InChI=1S/C30H35NO6/c32-28(34-19-21-7-2-1-3-8-21)31-16-15-30-14-5-4-11-25(30)27(31)17-22-12-13-24(18-26(22)30)35-20-36-29(33)37-23-9-6-10-23/h1-3,7-8,12-13,18,23,25,27H,4-6,9-11,14-17,19-20H2/t25-,27+,30+/m0/s1. The van der Waals surface area contributed by atoms with Crippen LogP contribution in [0, 0.1) is 5.92 Å². The Bertz CT molecular complexity index is 1130. The number of ether oxygens (including phenoxy) is 4. The van der Waals surface area contributed by atoms with Gasteiger partial charge in [-0.3, -0.25) is 0 Å². The Hall–Kier alpha value is -3.22. The van der Waals surface area contributed by atoms with Crippen LogP contribution in [0.15, 0.2) is 48.5 Å². The first kappa shape index (κ1) is 24.1. The first-order valence-electron chi connectivity index (χ1n) is 13.7. The van der Waals surface area contributed by atoms with Crippen molar-refractivity contribution in [3.05, 3.63) is 65.2 Å². The number of benzene rings is 2. The van der Waals surface area contributed by atoms with Gasteiger partial charge in [0.1, 0.15) is 18.5 Å². The number of carbonyl (C=O) groups is 2. The van der Waals surface area contributed by atoms with E-state index in [9.17, 15) is 9.59 Å². The van der Waals surface area contributed by atoms with Gasteiger partial charge >= 0.3 is 12.2 Å². The predicted molar refractivity (Wildman–Crippen MR) is 136 cm³/mol. The molecule has 4 aliphatic rings. The van der Waals surface area contributed by atoms with E-state index in [-0.39, 0.29) is 30.4 Å². The molecule has 7 heteroatoms. The van der Waals surface area contributed by atoms with Crippen LogP contribution in [0.3, 0.4) is 0 Å². The maximum atomic E-state index is 13.2. The van der Waals surface area contributed by atoms with Gasteiger partial charge in [-0.05, 0) is 79.7 Å². The predicted octanol–water partition coefficient (Wildman–Crippen LogP) is 6.12. The van der Waals surface area contributed by atoms with Crippen molar-refractivity contribution >= 4 is 12.2 Å². The second kappa shape index (κ2) is 10.3. The van der Waals surface area contributed by atoms with Crippen molar-refractivity contribution in [3.63, 3.8) is 0 Å². The molecule has 7 nitrogen and oxygen atoms in total. The number of nitrogens with zero attached hydrogens (tertiary/aromatic N) is 1. The third-order valence-electron chi connectivity index (χ3n) is 8.97. The van der Waals surface area contributed by atoms with Crippen LogP contribution < -0.4 is 4.74 Å². The summed E-state index contributed by atoms with van der Waals surface area (Å²) >= 11 is 0. The van der Waals surface area contributed by atoms with Gasteiger partial charge in [-0.2, -0.15) is 0 Å². The summed E-state index contributed by atoms with van der Waals surface area (Å²) in [7, 11) is 0. The van der Waals surface area contributed by atoms with Crippen molar-refractivity contribution in [3.8, 4) is 5.75 Å². The van der Waals surface area contributed by atoms with Crippen molar-refractivity contribution in [2.45, 2.75) is 82.0 Å². The minimum atomic E-state index is -0.664. The van der Waals surface area contributed by atoms with Gasteiger partial charge in [-0.1, -0.05) is 49.2 Å². The smallest absolute Gasteiger partial charge is 0.457 e. The molecule has 3 fully saturated rings. The molecule has 2 saturated carbocycles. The Morgan fingerprint density at radius 2 is 1.81 bits per heavy atom. The third-order valence-corrected chi connectivity index (χ3v) is 8.97. The molecule has 0 radical (unpaired) electrons. The van der Waals surface area contributed by atoms with E-state index in [2.05, 4.69) is 12.1 Å². The lowest BCUT2D eigenvalue weighted by Crippen LogP contribution is -2.62. The number of fused-ring (bicyclic) bond motifs is 1. The highest BCUT2D eigenvalue weighted by molar-refractivity contribution is 5.69. The van der Waals surface area contributed by atoms with E-state index < -0.39 is 6.16 Å². The molecular formula is C30H35NO6. The van der Waals surface area contributed by atoms with Crippen LogP contribution >= 0.6 is 0 Å². The number of carbonyl (C=O) groups excluding carboxylic acids is 2. The van der Waals surface area contributed by atoms with E-state index >= 15 is 0 Å². The van der Waals surface area contributed by atoms with E-state index in [1.165, 1.54) is 24.0 Å². The number of likely N-dealkylation sites (tertiary alicyclic amines) is 1. The lowest BCUT2D eigenvalue weighted by atomic mass is 9.52. The summed E-state index contributed by atoms with van der Waals surface area (Å²) in [6.45, 7) is 0.839. The van der Waals surface area contributed by atoms with Gasteiger partial charge in [-0.25, -0.2) is 9.59 Å². The number of piperidine rings is 1. The maximum Gasteiger partial charge on any atom is 0.511 e. The Labute approximate surface area is 218 Å². The van der Waals surface area contributed by atoms with E-state index in [4.69, 9.17) is 18.9 Å². The van der Waals surface area contributed by atoms with Crippen LogP contribution in [-0.2, 0) is 32.7 Å². The third kappa shape index (κ3) is 4.76. The van der Waals surface area contributed by atoms with E-state index in [0.29, 0.717) is 24.8 Å². The van der Waals surface area contributed by atoms with Crippen LogP contribution in [-0.4, -0.2) is 42.6 Å². The van der Waals surface area contributed by atoms with Gasteiger partial charge in [0, 0.05) is 18.0 Å². The molecule has 0 spiro atoms. The molecule has 3 aliphatic carbocycles. The van der Waals surface area contributed by atoms with Crippen LogP contribution in [0.25, 0.3) is 0 Å². The van der Waals surface area contributed by atoms with Gasteiger partial charge < -0.3 is 23.8 Å². The molecule has 3 atom stereocenters. The molecule has 196 valence electrons. The topological polar surface area (TPSA) is 74.3 Å². The van der Waals surface area contributed by atoms with E-state index in [0.717, 1.165) is 50.5 Å². The molecule has 1 amide bonds. The second-order valence-electron chi connectivity index (χ2n) is 10.9. The SMILES string of the molecule is O=C(OCOc1ccc2c(c1)[C@@]13CCCC[C@H]1[C@@H](C2)N(C(=O)OCc1ccccc1)CC3)OC1CCC1. The van der Waals surface area contributed by atoms with Gasteiger partial charge in [0.15, 0.2) is 0 Å². The van der Waals surface area contributed by atoms with Crippen LogP contribution in [0.1, 0.15) is 68.1 Å². The molecule has 1 aliphatic heterocycles. The summed E-state index contributed by atoms with van der Waals surface area (Å²) in [6.07, 6.45) is 8.43. The molecule has 2 aromatic rings. The fourth-order valence-corrected chi connectivity index (χ4v) is 6.91. The summed E-state index contributed by atoms with van der Waals surface area (Å²) in [5.74, 6) is 1.12. The van der Waals surface area contributed by atoms with Crippen molar-refractivity contribution in [2.24, 2.45) is 5.92 Å². The highest BCUT2D eigenvalue weighted by atomic mass is 16.8. The van der Waals surface area contributed by atoms with Crippen LogP contribution in [0.4, 0.5) is 9.59 Å². The highest BCUT2D eigenvalue weighted by Gasteiger charge is 2.55. The van der Waals surface area contributed by atoms with Gasteiger partial charge in [0.2, 0.25) is 6.79 Å². The average Bonchev–Trinajstić information content (AvgIpc) is 2.90. The van der Waals surface area contributed by atoms with Gasteiger partial charge in [-0.15, -0.1) is 0 Å². The molecule has 0 unspecified atom stereocenters. The van der Waals surface area contributed by atoms with Crippen molar-refractivity contribution in [1.82, 2.24) is 4.90 Å². The van der Waals surface area contributed by atoms with E-state index in [1.807, 2.05) is 41.3 Å². The Morgan fingerprint density at radius 1 is 0.946 bits per heavy atom. The van der Waals surface area contributed by atoms with Crippen molar-refractivity contribution in [2.75, 3.05) is 13.3 Å². The molecule has 1 heterocycles. The summed E-state index contributed by atoms with van der Waals surface area (Å²) in [4.78, 5) is 27.0. The molecule has 0 aromatic heterocycles. The zero-order chi connectivity index (χ0) is 25.2. The number of hydrogen-bond acceptors (Lipinski definition) is 6. The minimum absolute atomic E-state index is 0.00647. The largest absolute Gasteiger partial charge is 0.511 e. The molecule has 1 saturated heterocycles. The molecular weight excluding hydrogens is 470 g/mol. The van der Waals surface area contributed by atoms with Crippen molar-refractivity contribution < 1.29 is 28.5 Å².